The molecule has 0 heterocycles. The van der Waals surface area contributed by atoms with Crippen LogP contribution in [0.15, 0.2) is 18.2 Å². The van der Waals surface area contributed by atoms with E-state index < -0.39 is 0 Å². The molecular weight excluding hydrogens is 240 g/mol. The van der Waals surface area contributed by atoms with E-state index in [-0.39, 0.29) is 5.54 Å². The van der Waals surface area contributed by atoms with E-state index in [9.17, 15) is 0 Å². The molecule has 0 amide bonds. The van der Waals surface area contributed by atoms with Gasteiger partial charge in [0.2, 0.25) is 0 Å². The Balaban J connectivity index is 2.61. The zero-order valence-electron chi connectivity index (χ0n) is 12.7. The van der Waals surface area contributed by atoms with Gasteiger partial charge < -0.3 is 20.1 Å². The highest BCUT2D eigenvalue weighted by molar-refractivity contribution is 5.42. The van der Waals surface area contributed by atoms with Crippen molar-refractivity contribution < 1.29 is 9.47 Å². The van der Waals surface area contributed by atoms with Gasteiger partial charge in [-0.2, -0.15) is 0 Å². The number of methoxy groups -OCH3 is 2. The van der Waals surface area contributed by atoms with Crippen molar-refractivity contribution >= 4 is 0 Å². The van der Waals surface area contributed by atoms with Crippen molar-refractivity contribution in [3.8, 4) is 11.5 Å². The second-order valence-electron chi connectivity index (χ2n) is 5.67. The van der Waals surface area contributed by atoms with Crippen molar-refractivity contribution in [2.24, 2.45) is 5.73 Å². The smallest absolute Gasteiger partial charge is 0.161 e. The number of nitrogens with two attached hydrogens (primary N) is 1. The average Bonchev–Trinajstić information content (AvgIpc) is 2.35. The van der Waals surface area contributed by atoms with E-state index in [0.29, 0.717) is 0 Å². The summed E-state index contributed by atoms with van der Waals surface area (Å²) in [6, 6.07) is 6.02. The summed E-state index contributed by atoms with van der Waals surface area (Å²) in [7, 11) is 5.40. The minimum atomic E-state index is -0.119. The summed E-state index contributed by atoms with van der Waals surface area (Å²) in [5, 5.41) is 0. The maximum absolute atomic E-state index is 6.00. The zero-order valence-corrected chi connectivity index (χ0v) is 12.7. The van der Waals surface area contributed by atoms with Crippen molar-refractivity contribution in [1.82, 2.24) is 4.90 Å². The molecule has 0 spiro atoms. The fourth-order valence-corrected chi connectivity index (χ4v) is 1.85. The molecule has 1 aromatic carbocycles. The van der Waals surface area contributed by atoms with E-state index in [1.165, 1.54) is 5.56 Å². The maximum Gasteiger partial charge on any atom is 0.161 e. The van der Waals surface area contributed by atoms with Crippen LogP contribution in [-0.4, -0.2) is 38.3 Å². The number of ether oxygens (including phenoxy) is 2. The maximum atomic E-state index is 6.00. The summed E-state index contributed by atoms with van der Waals surface area (Å²) >= 11 is 0. The Hall–Kier alpha value is -1.26. The van der Waals surface area contributed by atoms with Crippen molar-refractivity contribution in [2.45, 2.75) is 32.4 Å². The first kappa shape index (κ1) is 15.8. The number of hydrogen-bond acceptors (Lipinski definition) is 4. The van der Waals surface area contributed by atoms with E-state index in [2.05, 4.69) is 31.9 Å². The molecular formula is C15H26N2O2. The molecule has 0 radical (unpaired) electrons. The van der Waals surface area contributed by atoms with Gasteiger partial charge in [-0.1, -0.05) is 6.07 Å². The van der Waals surface area contributed by atoms with E-state index in [0.717, 1.165) is 31.0 Å². The minimum absolute atomic E-state index is 0.119. The monoisotopic (exact) mass is 266 g/mol. The lowest BCUT2D eigenvalue weighted by Crippen LogP contribution is -2.36. The van der Waals surface area contributed by atoms with Gasteiger partial charge >= 0.3 is 0 Å². The summed E-state index contributed by atoms with van der Waals surface area (Å²) in [4.78, 5) is 2.26. The highest BCUT2D eigenvalue weighted by atomic mass is 16.5. The van der Waals surface area contributed by atoms with Crippen LogP contribution in [0.3, 0.4) is 0 Å². The number of rotatable bonds is 7. The molecule has 1 aromatic rings. The second-order valence-corrected chi connectivity index (χ2v) is 5.67. The van der Waals surface area contributed by atoms with Crippen LogP contribution in [0.25, 0.3) is 0 Å². The lowest BCUT2D eigenvalue weighted by Gasteiger charge is -2.23. The third kappa shape index (κ3) is 5.49. The summed E-state index contributed by atoms with van der Waals surface area (Å²) in [5.74, 6) is 1.53. The molecule has 1 rings (SSSR count). The Kier molecular flexibility index (Phi) is 5.63. The minimum Gasteiger partial charge on any atom is -0.493 e. The molecule has 19 heavy (non-hydrogen) atoms. The quantitative estimate of drug-likeness (QED) is 0.822. The van der Waals surface area contributed by atoms with Gasteiger partial charge in [-0.25, -0.2) is 0 Å². The van der Waals surface area contributed by atoms with Gasteiger partial charge in [0.15, 0.2) is 11.5 Å². The molecule has 0 fully saturated rings. The van der Waals surface area contributed by atoms with Gasteiger partial charge in [-0.3, -0.25) is 0 Å². The molecule has 2 N–H and O–H groups in total. The Morgan fingerprint density at radius 2 is 1.79 bits per heavy atom. The van der Waals surface area contributed by atoms with Gasteiger partial charge in [0.05, 0.1) is 14.2 Å². The normalized spacial score (nSPS) is 11.7. The topological polar surface area (TPSA) is 47.7 Å². The molecule has 0 aliphatic heterocycles. The number of benzene rings is 1. The molecule has 0 aliphatic carbocycles. The van der Waals surface area contributed by atoms with Crippen molar-refractivity contribution in [1.29, 1.82) is 0 Å². The van der Waals surface area contributed by atoms with Crippen molar-refractivity contribution in [3.05, 3.63) is 23.8 Å². The predicted octanol–water partition coefficient (Wildman–Crippen LogP) is 2.26. The summed E-state index contributed by atoms with van der Waals surface area (Å²) in [6.45, 7) is 5.95. The highest BCUT2D eigenvalue weighted by Gasteiger charge is 2.12. The van der Waals surface area contributed by atoms with Crippen LogP contribution in [0, 0.1) is 0 Å². The van der Waals surface area contributed by atoms with Crippen LogP contribution < -0.4 is 15.2 Å². The molecule has 0 saturated heterocycles. The molecule has 4 nitrogen and oxygen atoms in total. The van der Waals surface area contributed by atoms with Crippen LogP contribution in [0.2, 0.25) is 0 Å². The number of hydrogen-bond donors (Lipinski definition) is 1. The van der Waals surface area contributed by atoms with E-state index in [1.54, 1.807) is 14.2 Å². The van der Waals surface area contributed by atoms with Crippen molar-refractivity contribution in [3.63, 3.8) is 0 Å². The van der Waals surface area contributed by atoms with Gasteiger partial charge in [0, 0.05) is 12.1 Å². The third-order valence-electron chi connectivity index (χ3n) is 3.04. The largest absolute Gasteiger partial charge is 0.493 e. The molecule has 0 atom stereocenters. The molecule has 0 aliphatic rings. The Labute approximate surface area is 116 Å². The SMILES string of the molecule is COc1ccc(CN(C)CCC(C)(C)N)cc1OC. The first-order valence-corrected chi connectivity index (χ1v) is 6.54. The lowest BCUT2D eigenvalue weighted by molar-refractivity contribution is 0.288. The standard InChI is InChI=1S/C15H26N2O2/c1-15(2,16)8-9-17(3)11-12-6-7-13(18-4)14(10-12)19-5/h6-7,10H,8-9,11,16H2,1-5H3. The van der Waals surface area contributed by atoms with Gasteiger partial charge in [-0.05, 0) is 51.6 Å². The summed E-state index contributed by atoms with van der Waals surface area (Å²) in [6.07, 6.45) is 0.969. The van der Waals surface area contributed by atoms with Gasteiger partial charge in [0.25, 0.3) is 0 Å². The van der Waals surface area contributed by atoms with E-state index >= 15 is 0 Å². The summed E-state index contributed by atoms with van der Waals surface area (Å²) in [5.41, 5.74) is 7.08. The average molecular weight is 266 g/mol. The Morgan fingerprint density at radius 1 is 1.16 bits per heavy atom. The number of nitrogens with zero attached hydrogens (tertiary/aromatic N) is 1. The molecule has 108 valence electrons. The molecule has 0 unspecified atom stereocenters. The molecule has 0 aromatic heterocycles. The Bertz CT molecular complexity index is 400. The predicted molar refractivity (Wildman–Crippen MR) is 78.8 cm³/mol. The van der Waals surface area contributed by atoms with Gasteiger partial charge in [-0.15, -0.1) is 0 Å². The fourth-order valence-electron chi connectivity index (χ4n) is 1.85. The summed E-state index contributed by atoms with van der Waals surface area (Å²) < 4.78 is 10.5. The van der Waals surface area contributed by atoms with Crippen LogP contribution in [0.4, 0.5) is 0 Å². The molecule has 4 heteroatoms. The van der Waals surface area contributed by atoms with Crippen LogP contribution in [0.1, 0.15) is 25.8 Å². The highest BCUT2D eigenvalue weighted by Crippen LogP contribution is 2.27. The third-order valence-corrected chi connectivity index (χ3v) is 3.04. The zero-order chi connectivity index (χ0) is 14.5. The van der Waals surface area contributed by atoms with Gasteiger partial charge in [0.1, 0.15) is 0 Å². The van der Waals surface area contributed by atoms with E-state index in [1.807, 2.05) is 12.1 Å². The molecule has 0 saturated carbocycles. The molecule has 0 bridgehead atoms. The lowest BCUT2D eigenvalue weighted by atomic mass is 10.0. The second kappa shape index (κ2) is 6.78. The van der Waals surface area contributed by atoms with Crippen LogP contribution >= 0.6 is 0 Å². The van der Waals surface area contributed by atoms with Crippen LogP contribution in [-0.2, 0) is 6.54 Å². The van der Waals surface area contributed by atoms with Crippen molar-refractivity contribution in [2.75, 3.05) is 27.8 Å². The first-order valence-electron chi connectivity index (χ1n) is 6.54. The first-order chi connectivity index (χ1) is 8.85. The Morgan fingerprint density at radius 3 is 2.32 bits per heavy atom. The van der Waals surface area contributed by atoms with E-state index in [4.69, 9.17) is 15.2 Å². The van der Waals surface area contributed by atoms with Crippen LogP contribution in [0.5, 0.6) is 11.5 Å². The fraction of sp³-hybridized carbons (Fsp3) is 0.600.